The number of nitrogens with zero attached hydrogens (tertiary/aromatic N) is 2. The number of rotatable bonds is 4. The first-order valence-electron chi connectivity index (χ1n) is 7.94. The second kappa shape index (κ2) is 6.42. The van der Waals surface area contributed by atoms with Crippen LogP contribution in [0.4, 0.5) is 0 Å². The average molecular weight is 380 g/mol. The van der Waals surface area contributed by atoms with Gasteiger partial charge in [-0.05, 0) is 43.2 Å². The van der Waals surface area contributed by atoms with E-state index in [4.69, 9.17) is 0 Å². The van der Waals surface area contributed by atoms with E-state index in [0.717, 1.165) is 15.2 Å². The molecule has 1 saturated heterocycles. The number of fused-ring (bicyclic) bond motifs is 1. The van der Waals surface area contributed by atoms with Gasteiger partial charge in [-0.3, -0.25) is 0 Å². The SMILES string of the molecule is CC(C)=NN([C@H]1CCS(=O)(=O)C1)S(=O)(=O)c1ccc2ccccc2c1. The number of hydrogen-bond donors (Lipinski definition) is 0. The van der Waals surface area contributed by atoms with Crippen LogP contribution < -0.4 is 0 Å². The molecule has 8 heteroatoms. The Kier molecular flexibility index (Phi) is 4.59. The maximum Gasteiger partial charge on any atom is 0.279 e. The molecule has 0 radical (unpaired) electrons. The summed E-state index contributed by atoms with van der Waals surface area (Å²) in [4.78, 5) is 0.112. The van der Waals surface area contributed by atoms with Gasteiger partial charge >= 0.3 is 0 Å². The smallest absolute Gasteiger partial charge is 0.229 e. The Morgan fingerprint density at radius 1 is 1.12 bits per heavy atom. The van der Waals surface area contributed by atoms with Gasteiger partial charge in [0.05, 0.1) is 22.4 Å². The molecule has 134 valence electrons. The summed E-state index contributed by atoms with van der Waals surface area (Å²) in [7, 11) is -7.17. The van der Waals surface area contributed by atoms with Crippen molar-refractivity contribution in [1.29, 1.82) is 0 Å². The Balaban J connectivity index is 2.08. The van der Waals surface area contributed by atoms with E-state index in [0.29, 0.717) is 5.71 Å². The molecule has 0 aliphatic carbocycles. The maximum atomic E-state index is 13.1. The molecule has 0 spiro atoms. The van der Waals surface area contributed by atoms with Crippen molar-refractivity contribution in [2.75, 3.05) is 11.5 Å². The third-order valence-corrected chi connectivity index (χ3v) is 7.56. The highest BCUT2D eigenvalue weighted by atomic mass is 32.2. The van der Waals surface area contributed by atoms with E-state index >= 15 is 0 Å². The highest BCUT2D eigenvalue weighted by Gasteiger charge is 2.38. The highest BCUT2D eigenvalue weighted by molar-refractivity contribution is 7.92. The van der Waals surface area contributed by atoms with E-state index in [1.54, 1.807) is 26.0 Å². The normalized spacial score (nSPS) is 19.7. The standard InChI is InChI=1S/C17H20N2O4S2/c1-13(2)18-19(16-9-10-24(20,21)12-16)25(22,23)17-8-7-14-5-3-4-6-15(14)11-17/h3-8,11,16H,9-10,12H2,1-2H3/t16-/m0/s1. The lowest BCUT2D eigenvalue weighted by atomic mass is 10.1. The van der Waals surface area contributed by atoms with Gasteiger partial charge in [-0.2, -0.15) is 17.9 Å². The summed E-state index contributed by atoms with van der Waals surface area (Å²) < 4.78 is 50.8. The third-order valence-electron chi connectivity index (χ3n) is 4.08. The molecule has 1 aliphatic rings. The number of sulfonamides is 1. The van der Waals surface area contributed by atoms with Crippen molar-refractivity contribution in [1.82, 2.24) is 4.41 Å². The van der Waals surface area contributed by atoms with Crippen molar-refractivity contribution in [3.8, 4) is 0 Å². The summed E-state index contributed by atoms with van der Waals surface area (Å²) >= 11 is 0. The first kappa shape index (κ1) is 17.9. The molecule has 0 saturated carbocycles. The zero-order valence-electron chi connectivity index (χ0n) is 14.1. The first-order chi connectivity index (χ1) is 11.7. The predicted octanol–water partition coefficient (Wildman–Crippen LogP) is 2.41. The molecule has 6 nitrogen and oxygen atoms in total. The summed E-state index contributed by atoms with van der Waals surface area (Å²) in [5.74, 6) is -0.212. The van der Waals surface area contributed by atoms with Crippen molar-refractivity contribution in [3.63, 3.8) is 0 Å². The fourth-order valence-corrected chi connectivity index (χ4v) is 6.28. The van der Waals surface area contributed by atoms with Gasteiger partial charge in [0, 0.05) is 5.71 Å². The van der Waals surface area contributed by atoms with Crippen LogP contribution >= 0.6 is 0 Å². The molecule has 0 unspecified atom stereocenters. The number of benzene rings is 2. The van der Waals surface area contributed by atoms with Crippen LogP contribution in [0.1, 0.15) is 20.3 Å². The van der Waals surface area contributed by atoms with Gasteiger partial charge in [-0.1, -0.05) is 30.3 Å². The molecule has 0 bridgehead atoms. The van der Waals surface area contributed by atoms with Crippen molar-refractivity contribution in [2.24, 2.45) is 5.10 Å². The molecular weight excluding hydrogens is 360 g/mol. The molecule has 0 amide bonds. The fourth-order valence-electron chi connectivity index (χ4n) is 2.91. The molecule has 1 aliphatic heterocycles. The molecule has 25 heavy (non-hydrogen) atoms. The number of hydrazone groups is 1. The van der Waals surface area contributed by atoms with Crippen LogP contribution in [0.25, 0.3) is 10.8 Å². The minimum Gasteiger partial charge on any atom is -0.229 e. The Morgan fingerprint density at radius 2 is 1.80 bits per heavy atom. The van der Waals surface area contributed by atoms with E-state index in [1.165, 1.54) is 6.07 Å². The zero-order chi connectivity index (χ0) is 18.2. The van der Waals surface area contributed by atoms with E-state index in [2.05, 4.69) is 5.10 Å². The van der Waals surface area contributed by atoms with E-state index in [1.807, 2.05) is 24.3 Å². The van der Waals surface area contributed by atoms with E-state index < -0.39 is 25.9 Å². The lowest BCUT2D eigenvalue weighted by molar-refractivity contribution is 0.355. The Hall–Kier alpha value is -1.93. The summed E-state index contributed by atoms with van der Waals surface area (Å²) in [5, 5.41) is 5.89. The molecule has 0 N–H and O–H groups in total. The Labute approximate surface area is 148 Å². The summed E-state index contributed by atoms with van der Waals surface area (Å²) in [5.41, 5.74) is 0.550. The van der Waals surface area contributed by atoms with Crippen molar-refractivity contribution in [3.05, 3.63) is 42.5 Å². The molecule has 2 aromatic rings. The summed E-state index contributed by atoms with van der Waals surface area (Å²) in [6.07, 6.45) is 0.256. The molecule has 2 aromatic carbocycles. The van der Waals surface area contributed by atoms with Gasteiger partial charge in [-0.25, -0.2) is 8.42 Å². The predicted molar refractivity (Wildman–Crippen MR) is 98.8 cm³/mol. The average Bonchev–Trinajstić information content (AvgIpc) is 2.91. The fraction of sp³-hybridized carbons (Fsp3) is 0.353. The van der Waals surface area contributed by atoms with Gasteiger partial charge in [0.2, 0.25) is 0 Å². The second-order valence-electron chi connectivity index (χ2n) is 6.39. The van der Waals surface area contributed by atoms with Crippen LogP contribution in [-0.2, 0) is 19.9 Å². The Morgan fingerprint density at radius 3 is 2.40 bits per heavy atom. The van der Waals surface area contributed by atoms with Crippen LogP contribution in [-0.4, -0.2) is 44.5 Å². The molecule has 1 heterocycles. The molecule has 1 fully saturated rings. The van der Waals surface area contributed by atoms with Crippen molar-refractivity contribution in [2.45, 2.75) is 31.2 Å². The molecule has 0 aromatic heterocycles. The van der Waals surface area contributed by atoms with E-state index in [9.17, 15) is 16.8 Å². The van der Waals surface area contributed by atoms with Crippen molar-refractivity contribution >= 4 is 36.3 Å². The quantitative estimate of drug-likeness (QED) is 0.602. The Bertz CT molecular complexity index is 1040. The van der Waals surface area contributed by atoms with Gasteiger partial charge in [-0.15, -0.1) is 0 Å². The minimum atomic E-state index is -3.94. The maximum absolute atomic E-state index is 13.1. The highest BCUT2D eigenvalue weighted by Crippen LogP contribution is 2.27. The first-order valence-corrected chi connectivity index (χ1v) is 11.2. The molecule has 1 atom stereocenters. The van der Waals surface area contributed by atoms with Crippen molar-refractivity contribution < 1.29 is 16.8 Å². The number of hydrogen-bond acceptors (Lipinski definition) is 5. The van der Waals surface area contributed by atoms with Crippen LogP contribution in [0, 0.1) is 0 Å². The lowest BCUT2D eigenvalue weighted by Crippen LogP contribution is -2.37. The monoisotopic (exact) mass is 380 g/mol. The van der Waals surface area contributed by atoms with Crippen LogP contribution in [0.5, 0.6) is 0 Å². The van der Waals surface area contributed by atoms with Crippen LogP contribution in [0.15, 0.2) is 52.5 Å². The summed E-state index contributed by atoms with van der Waals surface area (Å²) in [6.45, 7) is 3.37. The van der Waals surface area contributed by atoms with Crippen LogP contribution in [0.2, 0.25) is 0 Å². The zero-order valence-corrected chi connectivity index (χ0v) is 15.7. The van der Waals surface area contributed by atoms with Gasteiger partial charge in [0.15, 0.2) is 9.84 Å². The topological polar surface area (TPSA) is 83.9 Å². The van der Waals surface area contributed by atoms with Gasteiger partial charge < -0.3 is 0 Å². The molecular formula is C17H20N2O4S2. The third kappa shape index (κ3) is 3.69. The summed E-state index contributed by atoms with van der Waals surface area (Å²) in [6, 6.07) is 11.7. The second-order valence-corrected chi connectivity index (χ2v) is 10.4. The van der Waals surface area contributed by atoms with E-state index in [-0.39, 0.29) is 22.8 Å². The lowest BCUT2D eigenvalue weighted by Gasteiger charge is -2.25. The molecule has 3 rings (SSSR count). The minimum absolute atomic E-state index is 0.0142. The van der Waals surface area contributed by atoms with Gasteiger partial charge in [0.1, 0.15) is 0 Å². The van der Waals surface area contributed by atoms with Crippen LogP contribution in [0.3, 0.4) is 0 Å². The number of sulfone groups is 1. The van der Waals surface area contributed by atoms with Gasteiger partial charge in [0.25, 0.3) is 10.0 Å². The largest absolute Gasteiger partial charge is 0.279 e.